The van der Waals surface area contributed by atoms with Crippen LogP contribution in [-0.4, -0.2) is 79.2 Å². The predicted molar refractivity (Wildman–Crippen MR) is 128 cm³/mol. The zero-order chi connectivity index (χ0) is 23.7. The second-order valence-electron chi connectivity index (χ2n) is 8.62. The summed E-state index contributed by atoms with van der Waals surface area (Å²) >= 11 is 1.62. The molecule has 3 aliphatic heterocycles. The average Bonchev–Trinajstić information content (AvgIpc) is 3.29. The van der Waals surface area contributed by atoms with Gasteiger partial charge in [-0.15, -0.1) is 11.8 Å². The highest BCUT2D eigenvalue weighted by atomic mass is 32.2. The average molecular weight is 482 g/mol. The van der Waals surface area contributed by atoms with Crippen LogP contribution < -0.4 is 14.4 Å². The number of ether oxygens (including phenoxy) is 2. The van der Waals surface area contributed by atoms with Gasteiger partial charge in [-0.3, -0.25) is 14.4 Å². The van der Waals surface area contributed by atoms with E-state index in [2.05, 4.69) is 0 Å². The minimum absolute atomic E-state index is 0.0184. The van der Waals surface area contributed by atoms with Crippen LogP contribution in [0.1, 0.15) is 6.42 Å². The molecule has 3 amide bonds. The Labute approximate surface area is 202 Å². The summed E-state index contributed by atoms with van der Waals surface area (Å²) in [6.45, 7) is 2.33. The Morgan fingerprint density at radius 3 is 2.38 bits per heavy atom. The Balaban J connectivity index is 1.15. The largest absolute Gasteiger partial charge is 0.485 e. The molecule has 5 rings (SSSR count). The number of carbonyl (C=O) groups excluding carboxylic acids is 3. The van der Waals surface area contributed by atoms with Crippen molar-refractivity contribution in [2.24, 2.45) is 5.92 Å². The molecule has 2 saturated heterocycles. The molecule has 2 aromatic carbocycles. The standard InChI is InChI=1S/C25H27N3O5S/c1-34-19-6-4-5-18(14-19)28-15-17(13-23(28)29)24(30)26-9-11-27(12-10-26)25(31)22-16-32-20-7-2-3-8-21(20)33-22/h2-8,14,17,22H,9-13,15-16H2,1H3/t17-,22-/m0/s1. The lowest BCUT2D eigenvalue weighted by atomic mass is 10.1. The van der Waals surface area contributed by atoms with Crippen molar-refractivity contribution in [1.82, 2.24) is 9.80 Å². The van der Waals surface area contributed by atoms with Crippen molar-refractivity contribution in [3.05, 3.63) is 48.5 Å². The van der Waals surface area contributed by atoms with Crippen LogP contribution >= 0.6 is 11.8 Å². The molecule has 0 aromatic heterocycles. The fourth-order valence-electron chi connectivity index (χ4n) is 4.65. The first kappa shape index (κ1) is 22.6. The van der Waals surface area contributed by atoms with Gasteiger partial charge >= 0.3 is 0 Å². The van der Waals surface area contributed by atoms with E-state index in [9.17, 15) is 14.4 Å². The van der Waals surface area contributed by atoms with Crippen LogP contribution in [0.5, 0.6) is 11.5 Å². The van der Waals surface area contributed by atoms with Crippen molar-refractivity contribution >= 4 is 35.2 Å². The van der Waals surface area contributed by atoms with Gasteiger partial charge in [0.1, 0.15) is 6.61 Å². The molecule has 0 N–H and O–H groups in total. The number of rotatable bonds is 4. The number of hydrogen-bond acceptors (Lipinski definition) is 6. The monoisotopic (exact) mass is 481 g/mol. The van der Waals surface area contributed by atoms with Crippen LogP contribution in [0.15, 0.2) is 53.4 Å². The van der Waals surface area contributed by atoms with Crippen molar-refractivity contribution in [3.8, 4) is 11.5 Å². The molecule has 2 atom stereocenters. The first-order valence-electron chi connectivity index (χ1n) is 11.4. The summed E-state index contributed by atoms with van der Waals surface area (Å²) in [6, 6.07) is 15.1. The number of amides is 3. The number of anilines is 1. The third-order valence-corrected chi connectivity index (χ3v) is 7.25. The SMILES string of the molecule is CSc1cccc(N2C[C@@H](C(=O)N3CCN(C(=O)[C@@H]4COc5ccccc5O4)CC3)CC2=O)c1. The van der Waals surface area contributed by atoms with Crippen molar-refractivity contribution in [2.45, 2.75) is 17.4 Å². The van der Waals surface area contributed by atoms with Crippen LogP contribution in [0, 0.1) is 5.92 Å². The first-order valence-corrected chi connectivity index (χ1v) is 12.7. The highest BCUT2D eigenvalue weighted by Crippen LogP contribution is 2.32. The number of thioether (sulfide) groups is 1. The lowest BCUT2D eigenvalue weighted by Gasteiger charge is -2.37. The Kier molecular flexibility index (Phi) is 6.36. The lowest BCUT2D eigenvalue weighted by molar-refractivity contribution is -0.147. The van der Waals surface area contributed by atoms with Gasteiger partial charge in [0.25, 0.3) is 5.91 Å². The van der Waals surface area contributed by atoms with Gasteiger partial charge in [-0.2, -0.15) is 0 Å². The van der Waals surface area contributed by atoms with E-state index in [1.54, 1.807) is 32.5 Å². The fourth-order valence-corrected chi connectivity index (χ4v) is 5.10. The topological polar surface area (TPSA) is 79.4 Å². The molecule has 3 aliphatic rings. The molecule has 0 unspecified atom stereocenters. The van der Waals surface area contributed by atoms with E-state index in [-0.39, 0.29) is 36.7 Å². The molecule has 8 nitrogen and oxygen atoms in total. The highest BCUT2D eigenvalue weighted by Gasteiger charge is 2.39. The second-order valence-corrected chi connectivity index (χ2v) is 9.50. The Morgan fingerprint density at radius 1 is 0.941 bits per heavy atom. The van der Waals surface area contributed by atoms with E-state index in [0.717, 1.165) is 10.6 Å². The van der Waals surface area contributed by atoms with Crippen molar-refractivity contribution in [2.75, 3.05) is 50.5 Å². The number of nitrogens with zero attached hydrogens (tertiary/aromatic N) is 3. The van der Waals surface area contributed by atoms with Gasteiger partial charge in [0, 0.05) is 49.7 Å². The molecule has 2 fully saturated rings. The molecule has 0 spiro atoms. The summed E-state index contributed by atoms with van der Waals surface area (Å²) in [6.07, 6.45) is 1.53. The maximum absolute atomic E-state index is 13.2. The number of fused-ring (bicyclic) bond motifs is 1. The summed E-state index contributed by atoms with van der Waals surface area (Å²) in [5.41, 5.74) is 0.832. The summed E-state index contributed by atoms with van der Waals surface area (Å²) in [4.78, 5) is 45.0. The molecule has 178 valence electrons. The molecule has 0 radical (unpaired) electrons. The molecular weight excluding hydrogens is 454 g/mol. The summed E-state index contributed by atoms with van der Waals surface area (Å²) < 4.78 is 11.5. The van der Waals surface area contributed by atoms with E-state index in [4.69, 9.17) is 9.47 Å². The van der Waals surface area contributed by atoms with Gasteiger partial charge in [-0.05, 0) is 36.6 Å². The number of carbonyl (C=O) groups is 3. The Morgan fingerprint density at radius 2 is 1.65 bits per heavy atom. The number of para-hydroxylation sites is 2. The van der Waals surface area contributed by atoms with Crippen LogP contribution in [0.3, 0.4) is 0 Å². The number of piperazine rings is 1. The smallest absolute Gasteiger partial charge is 0.267 e. The summed E-state index contributed by atoms with van der Waals surface area (Å²) in [5, 5.41) is 0. The van der Waals surface area contributed by atoms with Crippen molar-refractivity contribution < 1.29 is 23.9 Å². The van der Waals surface area contributed by atoms with Gasteiger partial charge in [0.2, 0.25) is 17.9 Å². The third kappa shape index (κ3) is 4.44. The zero-order valence-corrected chi connectivity index (χ0v) is 19.8. The van der Waals surface area contributed by atoms with E-state index < -0.39 is 6.10 Å². The maximum Gasteiger partial charge on any atom is 0.267 e. The summed E-state index contributed by atoms with van der Waals surface area (Å²) in [5.74, 6) is 0.675. The predicted octanol–water partition coefficient (Wildman–Crippen LogP) is 2.27. The van der Waals surface area contributed by atoms with Gasteiger partial charge in [0.05, 0.1) is 5.92 Å². The lowest BCUT2D eigenvalue weighted by Crippen LogP contribution is -2.56. The Hall–Kier alpha value is -3.20. The van der Waals surface area contributed by atoms with E-state index >= 15 is 0 Å². The number of hydrogen-bond donors (Lipinski definition) is 0. The second kappa shape index (κ2) is 9.58. The quantitative estimate of drug-likeness (QED) is 0.624. The fraction of sp³-hybridized carbons (Fsp3) is 0.400. The molecular formula is C25H27N3O5S. The van der Waals surface area contributed by atoms with Crippen LogP contribution in [-0.2, 0) is 14.4 Å². The van der Waals surface area contributed by atoms with Crippen LogP contribution in [0.2, 0.25) is 0 Å². The van der Waals surface area contributed by atoms with Crippen LogP contribution in [0.4, 0.5) is 5.69 Å². The van der Waals surface area contributed by atoms with Gasteiger partial charge in [-0.1, -0.05) is 18.2 Å². The molecule has 3 heterocycles. The van der Waals surface area contributed by atoms with Gasteiger partial charge in [0.15, 0.2) is 11.5 Å². The van der Waals surface area contributed by atoms with Gasteiger partial charge in [-0.25, -0.2) is 0 Å². The highest BCUT2D eigenvalue weighted by molar-refractivity contribution is 7.98. The minimum atomic E-state index is -0.685. The van der Waals surface area contributed by atoms with Crippen LogP contribution in [0.25, 0.3) is 0 Å². The van der Waals surface area contributed by atoms with Crippen molar-refractivity contribution in [3.63, 3.8) is 0 Å². The molecule has 0 bridgehead atoms. The molecule has 2 aromatic rings. The third-order valence-electron chi connectivity index (χ3n) is 6.53. The number of benzene rings is 2. The maximum atomic E-state index is 13.2. The summed E-state index contributed by atoms with van der Waals surface area (Å²) in [7, 11) is 0. The Bertz CT molecular complexity index is 1100. The normalized spacial score (nSPS) is 22.1. The van der Waals surface area contributed by atoms with Crippen molar-refractivity contribution in [1.29, 1.82) is 0 Å². The zero-order valence-electron chi connectivity index (χ0n) is 19.0. The van der Waals surface area contributed by atoms with Gasteiger partial charge < -0.3 is 24.2 Å². The van der Waals surface area contributed by atoms with E-state index in [0.29, 0.717) is 44.2 Å². The van der Waals surface area contributed by atoms with E-state index in [1.165, 1.54) is 0 Å². The van der Waals surface area contributed by atoms with E-state index in [1.807, 2.05) is 48.7 Å². The molecule has 9 heteroatoms. The first-order chi connectivity index (χ1) is 16.5. The molecule has 0 aliphatic carbocycles. The molecule has 0 saturated carbocycles. The minimum Gasteiger partial charge on any atom is -0.485 e. The molecule has 34 heavy (non-hydrogen) atoms.